The van der Waals surface area contributed by atoms with Crippen LogP contribution < -0.4 is 0 Å². The van der Waals surface area contributed by atoms with Crippen molar-refractivity contribution < 1.29 is 16.8 Å². The number of amidine groups is 1. The van der Waals surface area contributed by atoms with Crippen LogP contribution in [0.3, 0.4) is 0 Å². The molecule has 0 atom stereocenters. The summed E-state index contributed by atoms with van der Waals surface area (Å²) >= 11 is 0. The van der Waals surface area contributed by atoms with Crippen LogP contribution in [0.2, 0.25) is 0 Å². The number of aryl methyl sites for hydroxylation is 3. The maximum absolute atomic E-state index is 13.5. The molecule has 170 valence electrons. The predicted molar refractivity (Wildman–Crippen MR) is 130 cm³/mol. The molecule has 1 aliphatic rings. The summed E-state index contributed by atoms with van der Waals surface area (Å²) < 4.78 is 58.3. The molecule has 0 fully saturated rings. The summed E-state index contributed by atoms with van der Waals surface area (Å²) in [5, 5.41) is 0. The smallest absolute Gasteiger partial charge is 0.227 e. The number of rotatable bonds is 4. The van der Waals surface area contributed by atoms with Crippen LogP contribution in [0.4, 0.5) is 0 Å². The minimum Gasteiger partial charge on any atom is -0.227 e. The Hall–Kier alpha value is -3.23. The maximum Gasteiger partial charge on any atom is 0.283 e. The lowest BCUT2D eigenvalue weighted by Crippen LogP contribution is -2.34. The topological polar surface area (TPSA) is 83.9 Å². The summed E-state index contributed by atoms with van der Waals surface area (Å²) in [6.07, 6.45) is 3.10. The van der Waals surface area contributed by atoms with Gasteiger partial charge in [0.05, 0.1) is 9.79 Å². The summed E-state index contributed by atoms with van der Waals surface area (Å²) in [5.74, 6) is -0.0880. The molecule has 8 heteroatoms. The molecule has 0 N–H and O–H groups in total. The van der Waals surface area contributed by atoms with E-state index >= 15 is 0 Å². The first-order valence-corrected chi connectivity index (χ1v) is 13.2. The summed E-state index contributed by atoms with van der Waals surface area (Å²) in [7, 11) is -8.23. The second kappa shape index (κ2) is 8.61. The highest BCUT2D eigenvalue weighted by atomic mass is 32.2. The van der Waals surface area contributed by atoms with E-state index in [0.717, 1.165) is 32.1 Å². The third kappa shape index (κ3) is 4.77. The molecule has 0 radical (unpaired) electrons. The van der Waals surface area contributed by atoms with Gasteiger partial charge in [-0.3, -0.25) is 0 Å². The first-order chi connectivity index (χ1) is 15.6. The monoisotopic (exact) mass is 480 g/mol. The molecule has 0 saturated heterocycles. The van der Waals surface area contributed by atoms with Crippen LogP contribution in [0.25, 0.3) is 6.08 Å². The highest BCUT2D eigenvalue weighted by Gasteiger charge is 2.30. The number of sulfonamides is 2. The normalized spacial score (nSPS) is 15.4. The van der Waals surface area contributed by atoms with E-state index in [1.54, 1.807) is 30.3 Å². The first-order valence-electron chi connectivity index (χ1n) is 10.4. The first kappa shape index (κ1) is 22.9. The van der Waals surface area contributed by atoms with Gasteiger partial charge in [0, 0.05) is 12.6 Å². The molecule has 3 aromatic rings. The van der Waals surface area contributed by atoms with Crippen molar-refractivity contribution in [2.24, 2.45) is 4.40 Å². The van der Waals surface area contributed by atoms with Crippen LogP contribution >= 0.6 is 0 Å². The fourth-order valence-electron chi connectivity index (χ4n) is 3.53. The second-order valence-corrected chi connectivity index (χ2v) is 11.5. The predicted octanol–water partition coefficient (Wildman–Crippen LogP) is 4.62. The lowest BCUT2D eigenvalue weighted by atomic mass is 10.0. The third-order valence-corrected chi connectivity index (χ3v) is 8.45. The molecule has 33 heavy (non-hydrogen) atoms. The molecule has 0 unspecified atom stereocenters. The number of hydrogen-bond donors (Lipinski definition) is 0. The minimum absolute atomic E-state index is 0.00522. The SMILES string of the molecule is Cc1ccc(S(=O)(=O)/N=C2/Cc3ccc(C)cc3C=CN2S(=O)(=O)c2ccc(C)cc2)cc1. The molecule has 3 aromatic carbocycles. The maximum atomic E-state index is 13.5. The number of fused-ring (bicyclic) bond motifs is 1. The second-order valence-electron chi connectivity index (χ2n) is 8.10. The molecule has 0 bridgehead atoms. The Labute approximate surface area is 195 Å². The largest absolute Gasteiger partial charge is 0.283 e. The number of hydrogen-bond acceptors (Lipinski definition) is 4. The van der Waals surface area contributed by atoms with Gasteiger partial charge in [-0.25, -0.2) is 12.7 Å². The van der Waals surface area contributed by atoms with Crippen molar-refractivity contribution in [3.8, 4) is 0 Å². The highest BCUT2D eigenvalue weighted by molar-refractivity contribution is 7.91. The molecule has 0 saturated carbocycles. The number of benzene rings is 3. The Kier molecular flexibility index (Phi) is 5.99. The molecule has 0 amide bonds. The van der Waals surface area contributed by atoms with Gasteiger partial charge >= 0.3 is 0 Å². The summed E-state index contributed by atoms with van der Waals surface area (Å²) in [6, 6.07) is 18.4. The fraction of sp³-hybridized carbons (Fsp3) is 0.160. The van der Waals surface area contributed by atoms with Crippen molar-refractivity contribution in [3.05, 3.63) is 101 Å². The zero-order valence-electron chi connectivity index (χ0n) is 18.6. The van der Waals surface area contributed by atoms with E-state index in [2.05, 4.69) is 4.40 Å². The standard InChI is InChI=1S/C25H24N2O4S2/c1-18-5-10-23(11-6-18)32(28,29)26-25-17-21-9-4-20(3)16-22(21)14-15-27(25)33(30,31)24-12-7-19(2)8-13-24/h4-16H,17H2,1-3H3/b26-25-. The molecule has 6 nitrogen and oxygen atoms in total. The van der Waals surface area contributed by atoms with Gasteiger partial charge in [-0.2, -0.15) is 8.42 Å². The molecule has 0 spiro atoms. The van der Waals surface area contributed by atoms with Crippen molar-refractivity contribution in [2.45, 2.75) is 37.0 Å². The lowest BCUT2D eigenvalue weighted by Gasteiger charge is -2.21. The van der Waals surface area contributed by atoms with Crippen molar-refractivity contribution in [3.63, 3.8) is 0 Å². The van der Waals surface area contributed by atoms with E-state index in [4.69, 9.17) is 0 Å². The molecular formula is C25H24N2O4S2. The van der Waals surface area contributed by atoms with Crippen LogP contribution in [-0.4, -0.2) is 27.0 Å². The van der Waals surface area contributed by atoms with E-state index in [9.17, 15) is 16.8 Å². The van der Waals surface area contributed by atoms with Gasteiger partial charge in [-0.1, -0.05) is 59.2 Å². The van der Waals surface area contributed by atoms with Gasteiger partial charge in [0.25, 0.3) is 20.0 Å². The quantitative estimate of drug-likeness (QED) is 0.546. The van der Waals surface area contributed by atoms with Gasteiger partial charge in [0.1, 0.15) is 5.84 Å². The molecule has 1 heterocycles. The molecule has 0 aliphatic carbocycles. The van der Waals surface area contributed by atoms with Gasteiger partial charge in [0.15, 0.2) is 0 Å². The summed E-state index contributed by atoms with van der Waals surface area (Å²) in [6.45, 7) is 5.66. The van der Waals surface area contributed by atoms with E-state index in [1.807, 2.05) is 39.0 Å². The van der Waals surface area contributed by atoms with E-state index < -0.39 is 20.0 Å². The lowest BCUT2D eigenvalue weighted by molar-refractivity contribution is 0.562. The Morgan fingerprint density at radius 3 is 1.88 bits per heavy atom. The Morgan fingerprint density at radius 1 is 0.727 bits per heavy atom. The van der Waals surface area contributed by atoms with Crippen LogP contribution in [0, 0.1) is 20.8 Å². The Bertz CT molecular complexity index is 1470. The van der Waals surface area contributed by atoms with Crippen molar-refractivity contribution in [2.75, 3.05) is 0 Å². The molecule has 1 aliphatic heterocycles. The summed E-state index contributed by atoms with van der Waals surface area (Å²) in [4.78, 5) is 0.0611. The molecule has 4 rings (SSSR count). The van der Waals surface area contributed by atoms with Crippen LogP contribution in [0.5, 0.6) is 0 Å². The van der Waals surface area contributed by atoms with E-state index in [1.165, 1.54) is 30.5 Å². The zero-order valence-corrected chi connectivity index (χ0v) is 20.2. The van der Waals surface area contributed by atoms with Crippen molar-refractivity contribution >= 4 is 32.0 Å². The highest BCUT2D eigenvalue weighted by Crippen LogP contribution is 2.26. The van der Waals surface area contributed by atoms with Gasteiger partial charge in [-0.05, 0) is 62.2 Å². The Morgan fingerprint density at radius 2 is 1.27 bits per heavy atom. The zero-order chi connectivity index (χ0) is 23.8. The van der Waals surface area contributed by atoms with Crippen LogP contribution in [0.1, 0.15) is 27.8 Å². The average Bonchev–Trinajstić information content (AvgIpc) is 2.93. The summed E-state index contributed by atoms with van der Waals surface area (Å²) in [5.41, 5.74) is 4.44. The van der Waals surface area contributed by atoms with Crippen molar-refractivity contribution in [1.29, 1.82) is 0 Å². The molecule has 0 aromatic heterocycles. The van der Waals surface area contributed by atoms with E-state index in [-0.39, 0.29) is 22.0 Å². The van der Waals surface area contributed by atoms with Crippen molar-refractivity contribution in [1.82, 2.24) is 4.31 Å². The fourth-order valence-corrected chi connectivity index (χ4v) is 5.91. The minimum atomic E-state index is -4.14. The van der Waals surface area contributed by atoms with Crippen LogP contribution in [0.15, 0.2) is 87.1 Å². The van der Waals surface area contributed by atoms with Gasteiger partial charge < -0.3 is 0 Å². The average molecular weight is 481 g/mol. The third-order valence-electron chi connectivity index (χ3n) is 5.42. The Balaban J connectivity index is 1.88. The number of nitrogens with zero attached hydrogens (tertiary/aromatic N) is 2. The van der Waals surface area contributed by atoms with Gasteiger partial charge in [-0.15, -0.1) is 4.40 Å². The van der Waals surface area contributed by atoms with Crippen LogP contribution in [-0.2, 0) is 26.5 Å². The molecular weight excluding hydrogens is 456 g/mol. The van der Waals surface area contributed by atoms with Gasteiger partial charge in [0.2, 0.25) is 0 Å². The van der Waals surface area contributed by atoms with E-state index in [0.29, 0.717) is 0 Å².